The lowest BCUT2D eigenvalue weighted by Crippen LogP contribution is -2.33. The van der Waals surface area contributed by atoms with E-state index in [-0.39, 0.29) is 6.10 Å². The van der Waals surface area contributed by atoms with Crippen LogP contribution in [-0.4, -0.2) is 23.8 Å². The Bertz CT molecular complexity index is 95.8. The van der Waals surface area contributed by atoms with E-state index >= 15 is 0 Å². The minimum Gasteiger partial charge on any atom is -0.392 e. The van der Waals surface area contributed by atoms with E-state index in [0.29, 0.717) is 6.04 Å². The van der Waals surface area contributed by atoms with Crippen molar-refractivity contribution in [3.63, 3.8) is 0 Å². The molecule has 2 heteroatoms. The van der Waals surface area contributed by atoms with E-state index in [4.69, 9.17) is 0 Å². The number of aliphatic hydroxyl groups is 1. The van der Waals surface area contributed by atoms with Crippen molar-refractivity contribution in [2.45, 2.75) is 58.6 Å². The molecule has 0 spiro atoms. The first-order valence-electron chi connectivity index (χ1n) is 5.12. The first kappa shape index (κ1) is 11.9. The van der Waals surface area contributed by atoms with Crippen LogP contribution in [0.25, 0.3) is 0 Å². The van der Waals surface area contributed by atoms with Crippen molar-refractivity contribution >= 4 is 0 Å². The Morgan fingerprint density at radius 3 is 2.50 bits per heavy atom. The van der Waals surface area contributed by atoms with Gasteiger partial charge in [0, 0.05) is 12.6 Å². The standard InChI is InChI=1S/C10H23NO/c1-4-6-7-9(3)11-8-10(12)5-2/h9-12H,4-8H2,1-3H3. The van der Waals surface area contributed by atoms with Crippen molar-refractivity contribution in [3.05, 3.63) is 0 Å². The Labute approximate surface area is 76.4 Å². The predicted molar refractivity (Wildman–Crippen MR) is 53.3 cm³/mol. The predicted octanol–water partition coefficient (Wildman–Crippen LogP) is 1.93. The molecular formula is C10H23NO. The topological polar surface area (TPSA) is 32.3 Å². The fraction of sp³-hybridized carbons (Fsp3) is 1.00. The summed E-state index contributed by atoms with van der Waals surface area (Å²) in [6.45, 7) is 7.12. The van der Waals surface area contributed by atoms with Gasteiger partial charge < -0.3 is 10.4 Å². The van der Waals surface area contributed by atoms with Crippen molar-refractivity contribution in [1.82, 2.24) is 5.32 Å². The molecule has 2 unspecified atom stereocenters. The van der Waals surface area contributed by atoms with Gasteiger partial charge in [-0.1, -0.05) is 26.7 Å². The zero-order valence-corrected chi connectivity index (χ0v) is 8.64. The summed E-state index contributed by atoms with van der Waals surface area (Å²) in [5.41, 5.74) is 0. The molecule has 12 heavy (non-hydrogen) atoms. The molecule has 0 radical (unpaired) electrons. The average Bonchev–Trinajstić information content (AvgIpc) is 2.10. The Morgan fingerprint density at radius 2 is 2.00 bits per heavy atom. The molecule has 0 aliphatic rings. The second-order valence-corrected chi connectivity index (χ2v) is 3.51. The summed E-state index contributed by atoms with van der Waals surface area (Å²) in [6.07, 6.45) is 4.41. The summed E-state index contributed by atoms with van der Waals surface area (Å²) >= 11 is 0. The summed E-state index contributed by atoms with van der Waals surface area (Å²) in [7, 11) is 0. The lowest BCUT2D eigenvalue weighted by Gasteiger charge is -2.15. The highest BCUT2D eigenvalue weighted by Crippen LogP contribution is 1.99. The number of hydrogen-bond acceptors (Lipinski definition) is 2. The Kier molecular flexibility index (Phi) is 7.51. The highest BCUT2D eigenvalue weighted by molar-refractivity contribution is 4.63. The molecule has 0 fully saturated rings. The maximum Gasteiger partial charge on any atom is 0.0662 e. The minimum atomic E-state index is -0.172. The van der Waals surface area contributed by atoms with E-state index in [0.717, 1.165) is 13.0 Å². The van der Waals surface area contributed by atoms with E-state index < -0.39 is 0 Å². The van der Waals surface area contributed by atoms with Gasteiger partial charge in [-0.15, -0.1) is 0 Å². The van der Waals surface area contributed by atoms with Crippen molar-refractivity contribution in [2.75, 3.05) is 6.54 Å². The van der Waals surface area contributed by atoms with Gasteiger partial charge in [0.1, 0.15) is 0 Å². The van der Waals surface area contributed by atoms with Crippen LogP contribution in [0.3, 0.4) is 0 Å². The molecule has 0 bridgehead atoms. The molecule has 0 aliphatic heterocycles. The van der Waals surface area contributed by atoms with E-state index in [2.05, 4.69) is 19.2 Å². The molecule has 0 aromatic carbocycles. The maximum atomic E-state index is 9.27. The van der Waals surface area contributed by atoms with Crippen LogP contribution in [0.5, 0.6) is 0 Å². The van der Waals surface area contributed by atoms with Gasteiger partial charge in [0.25, 0.3) is 0 Å². The summed E-state index contributed by atoms with van der Waals surface area (Å²) in [5, 5.41) is 12.6. The normalized spacial score (nSPS) is 16.0. The van der Waals surface area contributed by atoms with Gasteiger partial charge in [-0.25, -0.2) is 0 Å². The molecule has 2 nitrogen and oxygen atoms in total. The van der Waals surface area contributed by atoms with Crippen LogP contribution in [0, 0.1) is 0 Å². The van der Waals surface area contributed by atoms with Crippen molar-refractivity contribution in [1.29, 1.82) is 0 Å². The number of hydrogen-bond donors (Lipinski definition) is 2. The summed E-state index contributed by atoms with van der Waals surface area (Å²) in [5.74, 6) is 0. The van der Waals surface area contributed by atoms with Crippen LogP contribution in [0.4, 0.5) is 0 Å². The molecule has 0 saturated heterocycles. The van der Waals surface area contributed by atoms with E-state index in [1.807, 2.05) is 6.92 Å². The molecule has 0 aliphatic carbocycles. The Morgan fingerprint density at radius 1 is 1.33 bits per heavy atom. The maximum absolute atomic E-state index is 9.27. The van der Waals surface area contributed by atoms with Crippen LogP contribution in [0.2, 0.25) is 0 Å². The fourth-order valence-corrected chi connectivity index (χ4v) is 1.09. The average molecular weight is 173 g/mol. The monoisotopic (exact) mass is 173 g/mol. The highest BCUT2D eigenvalue weighted by atomic mass is 16.3. The highest BCUT2D eigenvalue weighted by Gasteiger charge is 2.03. The molecule has 2 N–H and O–H groups in total. The molecule has 0 amide bonds. The van der Waals surface area contributed by atoms with Crippen molar-refractivity contribution in [2.24, 2.45) is 0 Å². The number of aliphatic hydroxyl groups excluding tert-OH is 1. The second kappa shape index (κ2) is 7.56. The Balaban J connectivity index is 3.24. The third-order valence-corrected chi connectivity index (χ3v) is 2.16. The number of nitrogens with one attached hydrogen (secondary N) is 1. The number of unbranched alkanes of at least 4 members (excludes halogenated alkanes) is 1. The largest absolute Gasteiger partial charge is 0.392 e. The van der Waals surface area contributed by atoms with E-state index in [1.54, 1.807) is 0 Å². The van der Waals surface area contributed by atoms with Crippen LogP contribution in [-0.2, 0) is 0 Å². The van der Waals surface area contributed by atoms with E-state index in [1.165, 1.54) is 19.3 Å². The van der Waals surface area contributed by atoms with Crippen LogP contribution >= 0.6 is 0 Å². The molecular weight excluding hydrogens is 150 g/mol. The fourth-order valence-electron chi connectivity index (χ4n) is 1.09. The van der Waals surface area contributed by atoms with E-state index in [9.17, 15) is 5.11 Å². The molecule has 0 heterocycles. The van der Waals surface area contributed by atoms with Gasteiger partial charge in [-0.3, -0.25) is 0 Å². The molecule has 2 atom stereocenters. The van der Waals surface area contributed by atoms with Crippen LogP contribution in [0.15, 0.2) is 0 Å². The lowest BCUT2D eigenvalue weighted by atomic mass is 10.1. The Hall–Kier alpha value is -0.0800. The summed E-state index contributed by atoms with van der Waals surface area (Å²) in [6, 6.07) is 0.547. The van der Waals surface area contributed by atoms with Gasteiger partial charge >= 0.3 is 0 Å². The summed E-state index contributed by atoms with van der Waals surface area (Å²) in [4.78, 5) is 0. The van der Waals surface area contributed by atoms with Crippen LogP contribution in [0.1, 0.15) is 46.5 Å². The molecule has 0 aromatic rings. The molecule has 0 aromatic heterocycles. The van der Waals surface area contributed by atoms with Gasteiger partial charge in [0.15, 0.2) is 0 Å². The quantitative estimate of drug-likeness (QED) is 0.616. The summed E-state index contributed by atoms with van der Waals surface area (Å²) < 4.78 is 0. The second-order valence-electron chi connectivity index (χ2n) is 3.51. The minimum absolute atomic E-state index is 0.172. The zero-order chi connectivity index (χ0) is 9.40. The van der Waals surface area contributed by atoms with Gasteiger partial charge in [0.2, 0.25) is 0 Å². The van der Waals surface area contributed by atoms with Crippen molar-refractivity contribution in [3.8, 4) is 0 Å². The van der Waals surface area contributed by atoms with Gasteiger partial charge in [-0.2, -0.15) is 0 Å². The lowest BCUT2D eigenvalue weighted by molar-refractivity contribution is 0.163. The molecule has 0 rings (SSSR count). The number of rotatable bonds is 7. The third kappa shape index (κ3) is 6.62. The first-order valence-corrected chi connectivity index (χ1v) is 5.12. The van der Waals surface area contributed by atoms with Crippen molar-refractivity contribution < 1.29 is 5.11 Å². The molecule has 74 valence electrons. The van der Waals surface area contributed by atoms with Crippen LogP contribution < -0.4 is 5.32 Å². The first-order chi connectivity index (χ1) is 5.70. The van der Waals surface area contributed by atoms with Gasteiger partial charge in [0.05, 0.1) is 6.10 Å². The SMILES string of the molecule is CCCCC(C)NCC(O)CC. The third-order valence-electron chi connectivity index (χ3n) is 2.16. The molecule has 0 saturated carbocycles. The zero-order valence-electron chi connectivity index (χ0n) is 8.64. The van der Waals surface area contributed by atoms with Gasteiger partial charge in [-0.05, 0) is 19.8 Å². The smallest absolute Gasteiger partial charge is 0.0662 e.